The Hall–Kier alpha value is -3.22. The number of guanidine groups is 1. The van der Waals surface area contributed by atoms with Gasteiger partial charge in [0.05, 0.1) is 25.3 Å². The van der Waals surface area contributed by atoms with Crippen LogP contribution in [0.15, 0.2) is 47.5 Å². The van der Waals surface area contributed by atoms with Crippen molar-refractivity contribution in [2.45, 2.75) is 6.54 Å². The van der Waals surface area contributed by atoms with E-state index in [2.05, 4.69) is 15.3 Å². The minimum Gasteiger partial charge on any atom is -0.493 e. The number of nitrogens with two attached hydrogens (primary N) is 1. The van der Waals surface area contributed by atoms with Crippen molar-refractivity contribution in [2.24, 2.45) is 17.8 Å². The first-order valence-corrected chi connectivity index (χ1v) is 7.81. The number of methoxy groups -OCH3 is 2. The number of fused-ring (bicyclic) bond motifs is 1. The third-order valence-electron chi connectivity index (χ3n) is 3.93. The second kappa shape index (κ2) is 7.12. The van der Waals surface area contributed by atoms with E-state index in [1.54, 1.807) is 26.4 Å². The summed E-state index contributed by atoms with van der Waals surface area (Å²) >= 11 is 0. The van der Waals surface area contributed by atoms with Crippen molar-refractivity contribution in [3.8, 4) is 11.5 Å². The molecule has 0 amide bonds. The molecule has 0 bridgehead atoms. The third kappa shape index (κ3) is 3.50. The number of nitrogens with one attached hydrogen (secondary N) is 1. The molecule has 3 rings (SSSR count). The molecule has 0 saturated carbocycles. The Morgan fingerprint density at radius 3 is 2.64 bits per heavy atom. The van der Waals surface area contributed by atoms with Crippen LogP contribution >= 0.6 is 0 Å². The minimum absolute atomic E-state index is 0.305. The van der Waals surface area contributed by atoms with Crippen LogP contribution in [0.4, 0.5) is 5.69 Å². The lowest BCUT2D eigenvalue weighted by atomic mass is 10.3. The summed E-state index contributed by atoms with van der Waals surface area (Å²) in [5.41, 5.74) is 8.77. The van der Waals surface area contributed by atoms with E-state index in [1.807, 2.05) is 41.9 Å². The summed E-state index contributed by atoms with van der Waals surface area (Å²) in [5.74, 6) is 2.43. The Kier molecular flexibility index (Phi) is 4.74. The fourth-order valence-electron chi connectivity index (χ4n) is 2.59. The zero-order valence-corrected chi connectivity index (χ0v) is 14.5. The highest BCUT2D eigenvalue weighted by Crippen LogP contribution is 2.29. The van der Waals surface area contributed by atoms with E-state index < -0.39 is 0 Å². The molecule has 0 aliphatic rings. The van der Waals surface area contributed by atoms with Crippen molar-refractivity contribution in [3.63, 3.8) is 0 Å². The smallest absolute Gasteiger partial charge is 0.193 e. The number of hydrogen-bond acceptors (Lipinski definition) is 4. The molecule has 7 heteroatoms. The summed E-state index contributed by atoms with van der Waals surface area (Å²) in [7, 11) is 5.15. The van der Waals surface area contributed by atoms with Gasteiger partial charge in [0.25, 0.3) is 0 Å². The highest BCUT2D eigenvalue weighted by atomic mass is 16.5. The van der Waals surface area contributed by atoms with E-state index in [-0.39, 0.29) is 0 Å². The maximum Gasteiger partial charge on any atom is 0.193 e. The quantitative estimate of drug-likeness (QED) is 0.551. The lowest BCUT2D eigenvalue weighted by molar-refractivity contribution is 0.355. The van der Waals surface area contributed by atoms with Crippen molar-refractivity contribution < 1.29 is 9.47 Å². The second-order valence-corrected chi connectivity index (χ2v) is 5.47. The van der Waals surface area contributed by atoms with Crippen LogP contribution in [-0.2, 0) is 13.6 Å². The average molecular weight is 339 g/mol. The number of aliphatic imine (C=N–C) groups is 1. The molecule has 7 nitrogen and oxygen atoms in total. The summed E-state index contributed by atoms with van der Waals surface area (Å²) in [4.78, 5) is 8.95. The number of anilines is 1. The standard InChI is InChI=1S/C18H21N5O2/c1-23-14-7-5-4-6-13(14)22-17(23)11-20-18(19)21-12-8-9-15(24-2)16(10-12)25-3/h4-10H,11H2,1-3H3,(H3,19,20,21). The Labute approximate surface area is 146 Å². The fraction of sp³-hybridized carbons (Fsp3) is 0.222. The van der Waals surface area contributed by atoms with Crippen LogP contribution in [-0.4, -0.2) is 29.7 Å². The topological polar surface area (TPSA) is 86.7 Å². The van der Waals surface area contributed by atoms with Crippen LogP contribution in [0, 0.1) is 0 Å². The van der Waals surface area contributed by atoms with Gasteiger partial charge in [0, 0.05) is 18.8 Å². The zero-order chi connectivity index (χ0) is 17.8. The molecule has 0 fully saturated rings. The number of benzene rings is 2. The first-order valence-electron chi connectivity index (χ1n) is 7.81. The van der Waals surface area contributed by atoms with E-state index in [1.165, 1.54) is 0 Å². The van der Waals surface area contributed by atoms with Gasteiger partial charge in [-0.25, -0.2) is 9.98 Å². The molecule has 130 valence electrons. The first kappa shape index (κ1) is 16.6. The Bertz CT molecular complexity index is 917. The number of ether oxygens (including phenoxy) is 2. The Morgan fingerprint density at radius 1 is 1.16 bits per heavy atom. The molecule has 3 N–H and O–H groups in total. The summed E-state index contributed by atoms with van der Waals surface area (Å²) in [6.45, 7) is 0.386. The molecule has 2 aromatic carbocycles. The molecule has 0 spiro atoms. The van der Waals surface area contributed by atoms with Crippen LogP contribution in [0.3, 0.4) is 0 Å². The Balaban J connectivity index is 1.74. The number of rotatable bonds is 5. The summed E-state index contributed by atoms with van der Waals surface area (Å²) in [6.07, 6.45) is 0. The highest BCUT2D eigenvalue weighted by Gasteiger charge is 2.07. The van der Waals surface area contributed by atoms with Gasteiger partial charge in [-0.2, -0.15) is 0 Å². The lowest BCUT2D eigenvalue weighted by Gasteiger charge is -2.10. The van der Waals surface area contributed by atoms with E-state index in [9.17, 15) is 0 Å². The number of para-hydroxylation sites is 2. The van der Waals surface area contributed by atoms with Crippen LogP contribution in [0.25, 0.3) is 11.0 Å². The molecule has 0 radical (unpaired) electrons. The maximum atomic E-state index is 5.99. The lowest BCUT2D eigenvalue weighted by Crippen LogP contribution is -2.22. The number of aryl methyl sites for hydroxylation is 1. The zero-order valence-electron chi connectivity index (χ0n) is 14.5. The molecule has 1 aromatic heterocycles. The summed E-state index contributed by atoms with van der Waals surface area (Å²) in [6, 6.07) is 13.4. The van der Waals surface area contributed by atoms with Crippen molar-refractivity contribution in [2.75, 3.05) is 19.5 Å². The van der Waals surface area contributed by atoms with E-state index >= 15 is 0 Å². The van der Waals surface area contributed by atoms with Crippen molar-refractivity contribution >= 4 is 22.7 Å². The van der Waals surface area contributed by atoms with Gasteiger partial charge >= 0.3 is 0 Å². The molecule has 1 heterocycles. The Morgan fingerprint density at radius 2 is 1.92 bits per heavy atom. The third-order valence-corrected chi connectivity index (χ3v) is 3.93. The van der Waals surface area contributed by atoms with E-state index in [0.717, 1.165) is 22.5 Å². The van der Waals surface area contributed by atoms with Gasteiger partial charge in [0.15, 0.2) is 17.5 Å². The molecule has 0 unspecified atom stereocenters. The normalized spacial score (nSPS) is 11.6. The molecule has 25 heavy (non-hydrogen) atoms. The fourth-order valence-corrected chi connectivity index (χ4v) is 2.59. The monoisotopic (exact) mass is 339 g/mol. The van der Waals surface area contributed by atoms with Gasteiger partial charge in [-0.3, -0.25) is 0 Å². The SMILES string of the molecule is COc1ccc(NC(N)=NCc2nc3ccccc3n2C)cc1OC. The molecule has 3 aromatic rings. The molecule has 0 aliphatic heterocycles. The maximum absolute atomic E-state index is 5.99. The van der Waals surface area contributed by atoms with Crippen LogP contribution < -0.4 is 20.5 Å². The van der Waals surface area contributed by atoms with Crippen molar-refractivity contribution in [1.29, 1.82) is 0 Å². The summed E-state index contributed by atoms with van der Waals surface area (Å²) < 4.78 is 12.5. The van der Waals surface area contributed by atoms with Crippen molar-refractivity contribution in [3.05, 3.63) is 48.3 Å². The van der Waals surface area contributed by atoms with Crippen LogP contribution in [0.2, 0.25) is 0 Å². The predicted octanol–water partition coefficient (Wildman–Crippen LogP) is 2.52. The number of imidazole rings is 1. The van der Waals surface area contributed by atoms with Gasteiger partial charge in [-0.15, -0.1) is 0 Å². The van der Waals surface area contributed by atoms with Gasteiger partial charge in [-0.1, -0.05) is 12.1 Å². The molecular formula is C18H21N5O2. The highest BCUT2D eigenvalue weighted by molar-refractivity contribution is 5.92. The second-order valence-electron chi connectivity index (χ2n) is 5.47. The van der Waals surface area contributed by atoms with Crippen molar-refractivity contribution in [1.82, 2.24) is 9.55 Å². The molecular weight excluding hydrogens is 318 g/mol. The van der Waals surface area contributed by atoms with Crippen LogP contribution in [0.5, 0.6) is 11.5 Å². The summed E-state index contributed by atoms with van der Waals surface area (Å²) in [5, 5.41) is 3.05. The van der Waals surface area contributed by atoms with Gasteiger partial charge < -0.3 is 25.1 Å². The molecule has 0 aliphatic carbocycles. The van der Waals surface area contributed by atoms with E-state index in [4.69, 9.17) is 15.2 Å². The average Bonchev–Trinajstić information content (AvgIpc) is 2.96. The number of aromatic nitrogens is 2. The minimum atomic E-state index is 0.305. The number of nitrogens with zero attached hydrogens (tertiary/aromatic N) is 3. The predicted molar refractivity (Wildman–Crippen MR) is 99.2 cm³/mol. The molecule has 0 saturated heterocycles. The van der Waals surface area contributed by atoms with E-state index in [0.29, 0.717) is 24.0 Å². The van der Waals surface area contributed by atoms with Gasteiger partial charge in [-0.05, 0) is 24.3 Å². The number of hydrogen-bond donors (Lipinski definition) is 2. The molecule has 0 atom stereocenters. The largest absolute Gasteiger partial charge is 0.493 e. The van der Waals surface area contributed by atoms with Gasteiger partial charge in [0.2, 0.25) is 0 Å². The van der Waals surface area contributed by atoms with Gasteiger partial charge in [0.1, 0.15) is 12.4 Å². The first-order chi connectivity index (χ1) is 12.1. The van der Waals surface area contributed by atoms with Crippen LogP contribution in [0.1, 0.15) is 5.82 Å².